The van der Waals surface area contributed by atoms with Crippen molar-refractivity contribution in [1.82, 2.24) is 0 Å². The molecule has 0 fully saturated rings. The Balaban J connectivity index is 2.57. The average Bonchev–Trinajstić information content (AvgIpc) is 2.26. The summed E-state index contributed by atoms with van der Waals surface area (Å²) in [5.74, 6) is 0.900. The summed E-state index contributed by atoms with van der Waals surface area (Å²) in [5.41, 5.74) is 3.71. The van der Waals surface area contributed by atoms with Gasteiger partial charge in [0, 0.05) is 16.2 Å². The van der Waals surface area contributed by atoms with E-state index in [0.717, 1.165) is 16.9 Å². The van der Waals surface area contributed by atoms with Crippen molar-refractivity contribution in [2.75, 3.05) is 5.75 Å². The van der Waals surface area contributed by atoms with Gasteiger partial charge in [0.15, 0.2) is 0 Å². The number of aliphatic hydroxyl groups excluding tert-OH is 1. The molecule has 0 radical (unpaired) electrons. The molecule has 0 bridgehead atoms. The monoisotopic (exact) mass is 242 g/mol. The second-order valence-corrected chi connectivity index (χ2v) is 4.76. The van der Waals surface area contributed by atoms with E-state index in [1.807, 2.05) is 31.2 Å². The van der Waals surface area contributed by atoms with E-state index >= 15 is 0 Å². The highest BCUT2D eigenvalue weighted by Crippen LogP contribution is 2.22. The minimum absolute atomic E-state index is 0.395. The van der Waals surface area contributed by atoms with Crippen LogP contribution in [0.4, 0.5) is 0 Å². The zero-order valence-electron chi connectivity index (χ0n) is 8.90. The second kappa shape index (κ2) is 6.21. The number of thioether (sulfide) groups is 1. The summed E-state index contributed by atoms with van der Waals surface area (Å²) < 4.78 is 0. The van der Waals surface area contributed by atoms with Crippen molar-refractivity contribution in [3.8, 4) is 0 Å². The molecule has 0 saturated carbocycles. The molecule has 0 spiro atoms. The van der Waals surface area contributed by atoms with Crippen LogP contribution in [0.15, 0.2) is 40.3 Å². The van der Waals surface area contributed by atoms with Gasteiger partial charge in [-0.05, 0) is 31.5 Å². The molecule has 0 aliphatic rings. The first-order valence-electron chi connectivity index (χ1n) is 4.80. The molecule has 1 aromatic carbocycles. The lowest BCUT2D eigenvalue weighted by Crippen LogP contribution is -1.89. The molecule has 3 heteroatoms. The fraction of sp³-hybridized carbons (Fsp3) is 0.333. The lowest BCUT2D eigenvalue weighted by Gasteiger charge is -2.06. The van der Waals surface area contributed by atoms with Crippen molar-refractivity contribution in [1.29, 1.82) is 0 Å². The number of hydrogen-bond donors (Lipinski definition) is 1. The van der Waals surface area contributed by atoms with Gasteiger partial charge in [0.25, 0.3) is 0 Å². The predicted molar refractivity (Wildman–Crippen MR) is 67.4 cm³/mol. The molecule has 0 aromatic heterocycles. The van der Waals surface area contributed by atoms with Crippen LogP contribution in [0, 0.1) is 0 Å². The van der Waals surface area contributed by atoms with Gasteiger partial charge >= 0.3 is 0 Å². The maximum Gasteiger partial charge on any atom is 0.0761 e. The first-order valence-corrected chi connectivity index (χ1v) is 6.22. The van der Waals surface area contributed by atoms with E-state index in [9.17, 15) is 5.11 Å². The molecule has 0 aliphatic carbocycles. The summed E-state index contributed by atoms with van der Waals surface area (Å²) in [4.78, 5) is 1.19. The third-order valence-corrected chi connectivity index (χ3v) is 3.59. The largest absolute Gasteiger partial charge is 0.389 e. The Morgan fingerprint density at radius 2 is 2.07 bits per heavy atom. The minimum Gasteiger partial charge on any atom is -0.389 e. The second-order valence-electron chi connectivity index (χ2n) is 3.49. The first kappa shape index (κ1) is 12.6. The number of benzene rings is 1. The summed E-state index contributed by atoms with van der Waals surface area (Å²) in [6, 6.07) is 7.95. The Morgan fingerprint density at radius 1 is 1.47 bits per heavy atom. The molecular weight excluding hydrogens is 228 g/mol. The van der Waals surface area contributed by atoms with Gasteiger partial charge in [0.05, 0.1) is 6.10 Å². The highest BCUT2D eigenvalue weighted by molar-refractivity contribution is 7.99. The average molecular weight is 243 g/mol. The molecule has 1 aromatic rings. The molecule has 0 aliphatic heterocycles. The van der Waals surface area contributed by atoms with Crippen LogP contribution in [0.5, 0.6) is 0 Å². The molecule has 82 valence electrons. The van der Waals surface area contributed by atoms with Crippen LogP contribution in [-0.4, -0.2) is 10.9 Å². The van der Waals surface area contributed by atoms with Crippen LogP contribution in [0.25, 0.3) is 0 Å². The van der Waals surface area contributed by atoms with Crippen LogP contribution in [0.2, 0.25) is 0 Å². The van der Waals surface area contributed by atoms with Crippen molar-refractivity contribution >= 4 is 23.4 Å². The Kier molecular flexibility index (Phi) is 5.23. The molecule has 1 unspecified atom stereocenters. The van der Waals surface area contributed by atoms with Gasteiger partial charge in [-0.15, -0.1) is 11.8 Å². The molecule has 15 heavy (non-hydrogen) atoms. The maximum absolute atomic E-state index is 9.34. The van der Waals surface area contributed by atoms with Gasteiger partial charge in [-0.2, -0.15) is 0 Å². The number of hydrogen-bond acceptors (Lipinski definition) is 2. The summed E-state index contributed by atoms with van der Waals surface area (Å²) in [5, 5.41) is 9.34. The van der Waals surface area contributed by atoms with E-state index in [0.29, 0.717) is 0 Å². The normalized spacial score (nSPS) is 14.0. The van der Waals surface area contributed by atoms with Crippen LogP contribution in [-0.2, 0) is 0 Å². The van der Waals surface area contributed by atoms with E-state index in [2.05, 4.69) is 0 Å². The van der Waals surface area contributed by atoms with E-state index in [1.54, 1.807) is 24.2 Å². The highest BCUT2D eigenvalue weighted by Gasteiger charge is 2.00. The Hall–Kier alpha value is -0.440. The van der Waals surface area contributed by atoms with Crippen molar-refractivity contribution in [2.45, 2.75) is 24.8 Å². The smallest absolute Gasteiger partial charge is 0.0761 e. The molecule has 0 saturated heterocycles. The lowest BCUT2D eigenvalue weighted by atomic mass is 10.1. The van der Waals surface area contributed by atoms with Crippen LogP contribution in [0.3, 0.4) is 0 Å². The predicted octanol–water partition coefficient (Wildman–Crippen LogP) is 3.97. The topological polar surface area (TPSA) is 20.2 Å². The van der Waals surface area contributed by atoms with E-state index in [-0.39, 0.29) is 0 Å². The maximum atomic E-state index is 9.34. The van der Waals surface area contributed by atoms with Crippen molar-refractivity contribution in [2.24, 2.45) is 0 Å². The van der Waals surface area contributed by atoms with Gasteiger partial charge < -0.3 is 5.11 Å². The Labute approximate surface area is 100 Å². The van der Waals surface area contributed by atoms with Crippen LogP contribution < -0.4 is 0 Å². The molecule has 1 N–H and O–H groups in total. The van der Waals surface area contributed by atoms with Gasteiger partial charge in [-0.1, -0.05) is 29.3 Å². The van der Waals surface area contributed by atoms with Crippen molar-refractivity contribution < 1.29 is 5.11 Å². The number of halogens is 1. The third kappa shape index (κ3) is 4.29. The van der Waals surface area contributed by atoms with Gasteiger partial charge in [0.2, 0.25) is 0 Å². The minimum atomic E-state index is -0.395. The first-order chi connectivity index (χ1) is 7.13. The fourth-order valence-corrected chi connectivity index (χ4v) is 2.05. The van der Waals surface area contributed by atoms with Gasteiger partial charge in [-0.3, -0.25) is 0 Å². The van der Waals surface area contributed by atoms with Gasteiger partial charge in [0.1, 0.15) is 0 Å². The van der Waals surface area contributed by atoms with Crippen LogP contribution in [0.1, 0.15) is 25.5 Å². The Bertz CT molecular complexity index is 330. The van der Waals surface area contributed by atoms with Crippen molar-refractivity contribution in [3.63, 3.8) is 0 Å². The summed E-state index contributed by atoms with van der Waals surface area (Å²) in [7, 11) is 0. The zero-order valence-corrected chi connectivity index (χ0v) is 10.5. The fourth-order valence-electron chi connectivity index (χ4n) is 1.07. The summed E-state index contributed by atoms with van der Waals surface area (Å²) in [6.45, 7) is 3.77. The highest BCUT2D eigenvalue weighted by atomic mass is 35.5. The molecule has 1 rings (SSSR count). The standard InChI is InChI=1S/C12H15ClOS/c1-9(7-13)8-15-12-5-3-11(4-6-12)10(2)14/h3-7,10,14H,8H2,1-2H3/b9-7+. The van der Waals surface area contributed by atoms with Crippen LogP contribution >= 0.6 is 23.4 Å². The number of rotatable bonds is 4. The van der Waals surface area contributed by atoms with E-state index in [1.165, 1.54) is 4.90 Å². The lowest BCUT2D eigenvalue weighted by molar-refractivity contribution is 0.199. The third-order valence-electron chi connectivity index (χ3n) is 2.02. The molecular formula is C12H15ClOS. The SMILES string of the molecule is C/C(=C\Cl)CSc1ccc(C(C)O)cc1. The number of aliphatic hydroxyl groups is 1. The molecule has 1 atom stereocenters. The Morgan fingerprint density at radius 3 is 2.53 bits per heavy atom. The summed E-state index contributed by atoms with van der Waals surface area (Å²) in [6.07, 6.45) is -0.395. The quantitative estimate of drug-likeness (QED) is 0.807. The molecule has 0 heterocycles. The van der Waals surface area contributed by atoms with Gasteiger partial charge in [-0.25, -0.2) is 0 Å². The van der Waals surface area contributed by atoms with E-state index < -0.39 is 6.10 Å². The molecule has 0 amide bonds. The summed E-state index contributed by atoms with van der Waals surface area (Å²) >= 11 is 7.32. The van der Waals surface area contributed by atoms with E-state index in [4.69, 9.17) is 11.6 Å². The molecule has 1 nitrogen and oxygen atoms in total. The van der Waals surface area contributed by atoms with Crippen molar-refractivity contribution in [3.05, 3.63) is 40.9 Å². The zero-order chi connectivity index (χ0) is 11.3.